The van der Waals surface area contributed by atoms with Gasteiger partial charge in [0.05, 0.1) is 0 Å². The van der Waals surface area contributed by atoms with Crippen LogP contribution in [0.4, 0.5) is 0 Å². The van der Waals surface area contributed by atoms with Crippen molar-refractivity contribution < 1.29 is 0 Å². The van der Waals surface area contributed by atoms with Gasteiger partial charge in [-0.25, -0.2) is 0 Å². The van der Waals surface area contributed by atoms with Gasteiger partial charge in [0.1, 0.15) is 0 Å². The summed E-state index contributed by atoms with van der Waals surface area (Å²) < 4.78 is 1.16. The first kappa shape index (κ1) is 15.7. The molecule has 1 unspecified atom stereocenters. The largest absolute Gasteiger partial charge is 0.329 e. The summed E-state index contributed by atoms with van der Waals surface area (Å²) in [6.07, 6.45) is 1.07. The van der Waals surface area contributed by atoms with E-state index in [-0.39, 0.29) is 0 Å². The smallest absolute Gasteiger partial charge is 0.0238 e. The summed E-state index contributed by atoms with van der Waals surface area (Å²) >= 11 is 3.54. The number of nitrogens with zero attached hydrogens (tertiary/aromatic N) is 1. The van der Waals surface area contributed by atoms with Crippen molar-refractivity contribution >= 4 is 15.9 Å². The molecular formula is C15H25BrN2. The summed E-state index contributed by atoms with van der Waals surface area (Å²) in [6.45, 7) is 8.42. The molecule has 0 aliphatic rings. The molecule has 1 aromatic carbocycles. The minimum Gasteiger partial charge on any atom is -0.329 e. The first-order chi connectivity index (χ1) is 8.45. The maximum Gasteiger partial charge on any atom is 0.0238 e. The van der Waals surface area contributed by atoms with Crippen LogP contribution in [-0.4, -0.2) is 31.1 Å². The van der Waals surface area contributed by atoms with E-state index in [2.05, 4.69) is 66.8 Å². The summed E-state index contributed by atoms with van der Waals surface area (Å²) in [5.74, 6) is 0.601. The number of aryl methyl sites for hydroxylation is 1. The Balaban J connectivity index is 2.61. The fourth-order valence-corrected chi connectivity index (χ4v) is 2.74. The Labute approximate surface area is 120 Å². The van der Waals surface area contributed by atoms with Crippen molar-refractivity contribution in [1.29, 1.82) is 0 Å². The van der Waals surface area contributed by atoms with Crippen molar-refractivity contribution in [2.24, 2.45) is 11.7 Å². The zero-order valence-corrected chi connectivity index (χ0v) is 13.5. The quantitative estimate of drug-likeness (QED) is 0.874. The number of nitrogens with two attached hydrogens (primary N) is 1. The van der Waals surface area contributed by atoms with Crippen LogP contribution in [0.2, 0.25) is 0 Å². The van der Waals surface area contributed by atoms with Gasteiger partial charge in [0.25, 0.3) is 0 Å². The average molecular weight is 313 g/mol. The zero-order valence-electron chi connectivity index (χ0n) is 11.9. The highest BCUT2D eigenvalue weighted by atomic mass is 79.9. The number of halogens is 1. The van der Waals surface area contributed by atoms with Crippen LogP contribution >= 0.6 is 15.9 Å². The van der Waals surface area contributed by atoms with Crippen LogP contribution in [0.25, 0.3) is 0 Å². The molecule has 0 aliphatic carbocycles. The molecular weight excluding hydrogens is 288 g/mol. The predicted molar refractivity (Wildman–Crippen MR) is 82.9 cm³/mol. The Morgan fingerprint density at radius 2 is 2.00 bits per heavy atom. The highest BCUT2D eigenvalue weighted by molar-refractivity contribution is 9.10. The van der Waals surface area contributed by atoms with Crippen LogP contribution in [0.5, 0.6) is 0 Å². The van der Waals surface area contributed by atoms with Crippen molar-refractivity contribution in [2.75, 3.05) is 20.1 Å². The van der Waals surface area contributed by atoms with Gasteiger partial charge in [0.15, 0.2) is 0 Å². The first-order valence-electron chi connectivity index (χ1n) is 6.61. The van der Waals surface area contributed by atoms with Crippen LogP contribution in [0.3, 0.4) is 0 Å². The molecule has 0 fully saturated rings. The van der Waals surface area contributed by atoms with Crippen LogP contribution in [0, 0.1) is 12.8 Å². The lowest BCUT2D eigenvalue weighted by molar-refractivity contribution is 0.199. The minimum absolute atomic E-state index is 0.470. The van der Waals surface area contributed by atoms with Crippen molar-refractivity contribution in [3.8, 4) is 0 Å². The second-order valence-electron chi connectivity index (χ2n) is 5.35. The molecule has 1 rings (SSSR count). The van der Waals surface area contributed by atoms with Gasteiger partial charge >= 0.3 is 0 Å². The van der Waals surface area contributed by atoms with Crippen molar-refractivity contribution in [3.05, 3.63) is 33.8 Å². The first-order valence-corrected chi connectivity index (χ1v) is 7.40. The van der Waals surface area contributed by atoms with Gasteiger partial charge < -0.3 is 10.6 Å². The van der Waals surface area contributed by atoms with Crippen LogP contribution < -0.4 is 5.73 Å². The van der Waals surface area contributed by atoms with Crippen LogP contribution in [-0.2, 0) is 6.42 Å². The van der Waals surface area contributed by atoms with Crippen LogP contribution in [0.15, 0.2) is 22.7 Å². The minimum atomic E-state index is 0.470. The molecule has 0 heterocycles. The van der Waals surface area contributed by atoms with Crippen molar-refractivity contribution in [2.45, 2.75) is 33.2 Å². The van der Waals surface area contributed by atoms with E-state index in [4.69, 9.17) is 5.73 Å². The van der Waals surface area contributed by atoms with Gasteiger partial charge in [-0.2, -0.15) is 0 Å². The van der Waals surface area contributed by atoms with Gasteiger partial charge in [-0.15, -0.1) is 0 Å². The Morgan fingerprint density at radius 1 is 1.33 bits per heavy atom. The Bertz CT molecular complexity index is 377. The third kappa shape index (κ3) is 4.38. The fraction of sp³-hybridized carbons (Fsp3) is 0.600. The molecule has 0 aromatic heterocycles. The normalized spacial score (nSPS) is 13.3. The highest BCUT2D eigenvalue weighted by Gasteiger charge is 2.16. The van der Waals surface area contributed by atoms with Crippen molar-refractivity contribution in [1.82, 2.24) is 4.90 Å². The molecule has 0 amide bonds. The number of hydrogen-bond donors (Lipinski definition) is 1. The van der Waals surface area contributed by atoms with E-state index >= 15 is 0 Å². The molecule has 0 saturated heterocycles. The second-order valence-corrected chi connectivity index (χ2v) is 6.26. The average Bonchev–Trinajstić information content (AvgIpc) is 2.30. The number of rotatable bonds is 6. The van der Waals surface area contributed by atoms with Gasteiger partial charge in [-0.3, -0.25) is 0 Å². The number of likely N-dealkylation sites (N-methyl/N-ethyl adjacent to an activating group) is 1. The second kappa shape index (κ2) is 7.27. The third-order valence-corrected chi connectivity index (χ3v) is 4.12. The van der Waals surface area contributed by atoms with E-state index in [0.29, 0.717) is 12.0 Å². The molecule has 0 saturated carbocycles. The Hall–Kier alpha value is -0.380. The van der Waals surface area contributed by atoms with Crippen LogP contribution in [0.1, 0.15) is 25.0 Å². The lowest BCUT2D eigenvalue weighted by Crippen LogP contribution is -2.42. The van der Waals surface area contributed by atoms with E-state index in [9.17, 15) is 0 Å². The molecule has 0 aliphatic heterocycles. The molecule has 0 bridgehead atoms. The molecule has 18 heavy (non-hydrogen) atoms. The van der Waals surface area contributed by atoms with Gasteiger partial charge in [0.2, 0.25) is 0 Å². The van der Waals surface area contributed by atoms with Gasteiger partial charge in [-0.05, 0) is 49.6 Å². The van der Waals surface area contributed by atoms with Gasteiger partial charge in [0, 0.05) is 23.6 Å². The van der Waals surface area contributed by atoms with Gasteiger partial charge in [-0.1, -0.05) is 35.8 Å². The number of benzene rings is 1. The zero-order chi connectivity index (χ0) is 13.7. The molecule has 102 valence electrons. The Morgan fingerprint density at radius 3 is 2.56 bits per heavy atom. The number of hydrogen-bond acceptors (Lipinski definition) is 2. The molecule has 3 heteroatoms. The third-order valence-electron chi connectivity index (χ3n) is 3.62. The maximum atomic E-state index is 5.85. The summed E-state index contributed by atoms with van der Waals surface area (Å²) in [5.41, 5.74) is 8.62. The molecule has 1 atom stereocenters. The monoisotopic (exact) mass is 312 g/mol. The molecule has 2 nitrogen and oxygen atoms in total. The van der Waals surface area contributed by atoms with Crippen molar-refractivity contribution in [3.63, 3.8) is 0 Å². The molecule has 0 spiro atoms. The highest BCUT2D eigenvalue weighted by Crippen LogP contribution is 2.17. The predicted octanol–water partition coefficient (Wildman–Crippen LogP) is 3.22. The molecule has 0 radical (unpaired) electrons. The lowest BCUT2D eigenvalue weighted by atomic mass is 10.0. The van der Waals surface area contributed by atoms with E-state index < -0.39 is 0 Å². The van der Waals surface area contributed by atoms with E-state index in [1.807, 2.05) is 0 Å². The summed E-state index contributed by atoms with van der Waals surface area (Å²) in [5, 5.41) is 0. The molecule has 1 aromatic rings. The Kier molecular flexibility index (Phi) is 6.33. The van der Waals surface area contributed by atoms with E-state index in [1.165, 1.54) is 11.1 Å². The topological polar surface area (TPSA) is 29.3 Å². The lowest BCUT2D eigenvalue weighted by Gasteiger charge is -2.30. The summed E-state index contributed by atoms with van der Waals surface area (Å²) in [6, 6.07) is 6.95. The van der Waals surface area contributed by atoms with E-state index in [0.717, 1.165) is 24.0 Å². The SMILES string of the molecule is Cc1ccc(Br)cc1CCN(C)C(CN)C(C)C. The molecule has 2 N–H and O–H groups in total. The standard InChI is InChI=1S/C15H25BrN2/c1-11(2)15(10-17)18(4)8-7-13-9-14(16)6-5-12(13)3/h5-6,9,11,15H,7-8,10,17H2,1-4H3. The fourth-order valence-electron chi connectivity index (χ4n) is 2.33. The van der Waals surface area contributed by atoms with E-state index in [1.54, 1.807) is 0 Å². The maximum absolute atomic E-state index is 5.85. The summed E-state index contributed by atoms with van der Waals surface area (Å²) in [4.78, 5) is 2.38. The summed E-state index contributed by atoms with van der Waals surface area (Å²) in [7, 11) is 2.17.